The molecule has 3 aromatic rings. The highest BCUT2D eigenvalue weighted by Gasteiger charge is 2.38. The molecule has 3 aromatic carbocycles. The van der Waals surface area contributed by atoms with E-state index in [4.69, 9.17) is 4.74 Å². The molecule has 0 bridgehead atoms. The molecular weight excluding hydrogens is 565 g/mol. The molecule has 0 aliphatic heterocycles. The number of carbonyl (C=O) groups is 2. The Labute approximate surface area is 227 Å². The van der Waals surface area contributed by atoms with E-state index in [1.165, 1.54) is 12.1 Å². The van der Waals surface area contributed by atoms with Gasteiger partial charge in [0.1, 0.15) is 5.82 Å². The van der Waals surface area contributed by atoms with Crippen molar-refractivity contribution in [2.24, 2.45) is 0 Å². The van der Waals surface area contributed by atoms with Crippen molar-refractivity contribution in [2.45, 2.75) is 18.8 Å². The molecule has 0 fully saturated rings. The monoisotopic (exact) mass is 582 g/mol. The van der Waals surface area contributed by atoms with E-state index < -0.39 is 71.2 Å². The molecule has 0 aliphatic rings. The molecule has 0 N–H and O–H groups in total. The van der Waals surface area contributed by atoms with Crippen LogP contribution in [0.1, 0.15) is 27.0 Å². The van der Waals surface area contributed by atoms with Gasteiger partial charge in [-0.2, -0.15) is 26.3 Å². The summed E-state index contributed by atoms with van der Waals surface area (Å²) < 4.78 is 97.9. The van der Waals surface area contributed by atoms with Gasteiger partial charge >= 0.3 is 18.3 Å². The van der Waals surface area contributed by atoms with Gasteiger partial charge in [-0.15, -0.1) is 0 Å². The maximum absolute atomic E-state index is 13.5. The van der Waals surface area contributed by atoms with E-state index in [1.807, 2.05) is 0 Å². The summed E-state index contributed by atoms with van der Waals surface area (Å²) in [6.45, 7) is -0.945. The number of non-ortho nitro benzene ring substituents is 1. The Balaban J connectivity index is 1.77. The van der Waals surface area contributed by atoms with Crippen LogP contribution in [0.25, 0.3) is 0 Å². The van der Waals surface area contributed by atoms with Crippen LogP contribution in [0.15, 0.2) is 66.7 Å². The number of nitro groups is 1. The van der Waals surface area contributed by atoms with Gasteiger partial charge in [0.2, 0.25) is 5.91 Å². The van der Waals surface area contributed by atoms with Crippen LogP contribution in [0.2, 0.25) is 0 Å². The first-order valence-electron chi connectivity index (χ1n) is 11.4. The van der Waals surface area contributed by atoms with Gasteiger partial charge < -0.3 is 9.64 Å². The summed E-state index contributed by atoms with van der Waals surface area (Å²) in [7, 11) is 0. The second-order valence-corrected chi connectivity index (χ2v) is 8.23. The van der Waals surface area contributed by atoms with Gasteiger partial charge in [0.25, 0.3) is 5.69 Å². The summed E-state index contributed by atoms with van der Waals surface area (Å²) in [6, 6.07) is 9.70. The zero-order chi connectivity index (χ0) is 30.4. The second kappa shape index (κ2) is 12.5. The zero-order valence-electron chi connectivity index (χ0n) is 20.6. The van der Waals surface area contributed by atoms with Gasteiger partial charge in [0, 0.05) is 17.8 Å². The molecule has 1 amide bonds. The van der Waals surface area contributed by atoms with Crippen LogP contribution >= 0.6 is 0 Å². The lowest BCUT2D eigenvalue weighted by Gasteiger charge is -2.22. The molecule has 0 aromatic heterocycles. The van der Waals surface area contributed by atoms with E-state index in [1.54, 1.807) is 0 Å². The number of esters is 1. The SMILES string of the molecule is O=C(OCC#CCN(C(=O)Cc1ccc(C(F)(F)F)cc1C(F)(F)F)c1ccc(F)cc1)c1ccc([N+](=O)[O-])cc1. The number of carbonyl (C=O) groups excluding carboxylic acids is 2. The number of benzene rings is 3. The summed E-state index contributed by atoms with van der Waals surface area (Å²) in [5, 5.41) is 10.7. The largest absolute Gasteiger partial charge is 0.449 e. The van der Waals surface area contributed by atoms with E-state index >= 15 is 0 Å². The molecule has 0 radical (unpaired) electrons. The smallest absolute Gasteiger partial charge is 0.416 e. The van der Waals surface area contributed by atoms with Crippen molar-refractivity contribution in [2.75, 3.05) is 18.1 Å². The van der Waals surface area contributed by atoms with Gasteiger partial charge in [-0.05, 0) is 54.1 Å². The summed E-state index contributed by atoms with van der Waals surface area (Å²) in [5.74, 6) is 2.41. The molecule has 0 unspecified atom stereocenters. The first kappa shape index (κ1) is 30.6. The number of amides is 1. The molecule has 14 heteroatoms. The third-order valence-corrected chi connectivity index (χ3v) is 5.48. The van der Waals surface area contributed by atoms with Crippen molar-refractivity contribution < 1.29 is 50.0 Å². The van der Waals surface area contributed by atoms with Crippen LogP contribution < -0.4 is 4.90 Å². The normalized spacial score (nSPS) is 11.3. The van der Waals surface area contributed by atoms with Crippen LogP contribution in [0, 0.1) is 27.8 Å². The van der Waals surface area contributed by atoms with Gasteiger partial charge in [-0.3, -0.25) is 14.9 Å². The number of rotatable bonds is 7. The van der Waals surface area contributed by atoms with Gasteiger partial charge in [-0.25, -0.2) is 9.18 Å². The molecule has 3 rings (SSSR count). The molecule has 0 saturated carbocycles. The van der Waals surface area contributed by atoms with Crippen LogP contribution in [0.3, 0.4) is 0 Å². The number of hydrogen-bond acceptors (Lipinski definition) is 5. The van der Waals surface area contributed by atoms with E-state index in [0.717, 1.165) is 41.3 Å². The first-order valence-corrected chi connectivity index (χ1v) is 11.4. The lowest BCUT2D eigenvalue weighted by atomic mass is 10.00. The van der Waals surface area contributed by atoms with E-state index in [0.29, 0.717) is 12.1 Å². The maximum Gasteiger partial charge on any atom is 0.416 e. The third-order valence-electron chi connectivity index (χ3n) is 5.48. The number of ether oxygens (including phenoxy) is 1. The molecule has 7 nitrogen and oxygen atoms in total. The molecule has 0 spiro atoms. The lowest BCUT2D eigenvalue weighted by Crippen LogP contribution is -2.33. The van der Waals surface area contributed by atoms with Crippen molar-refractivity contribution >= 4 is 23.3 Å². The minimum Gasteiger partial charge on any atom is -0.449 e. The average Bonchev–Trinajstić information content (AvgIpc) is 2.90. The highest BCUT2D eigenvalue weighted by Crippen LogP contribution is 2.37. The number of hydrogen-bond donors (Lipinski definition) is 0. The molecule has 0 atom stereocenters. The van der Waals surface area contributed by atoms with Gasteiger partial charge in [-0.1, -0.05) is 17.9 Å². The molecule has 41 heavy (non-hydrogen) atoms. The average molecular weight is 582 g/mol. The molecule has 0 heterocycles. The molecule has 0 saturated heterocycles. The van der Waals surface area contributed by atoms with Crippen LogP contribution in [-0.4, -0.2) is 30.0 Å². The Morgan fingerprint density at radius 2 is 1.51 bits per heavy atom. The lowest BCUT2D eigenvalue weighted by molar-refractivity contribution is -0.384. The van der Waals surface area contributed by atoms with E-state index in [-0.39, 0.29) is 23.0 Å². The summed E-state index contributed by atoms with van der Waals surface area (Å²) in [6.07, 6.45) is -11.2. The molecule has 214 valence electrons. The van der Waals surface area contributed by atoms with Gasteiger partial charge in [0.15, 0.2) is 6.61 Å². The molecular formula is C27H17F7N2O5. The summed E-state index contributed by atoms with van der Waals surface area (Å²) in [4.78, 5) is 36.0. The zero-order valence-corrected chi connectivity index (χ0v) is 20.6. The Bertz CT molecular complexity index is 1490. The Morgan fingerprint density at radius 1 is 0.878 bits per heavy atom. The second-order valence-electron chi connectivity index (χ2n) is 8.23. The van der Waals surface area contributed by atoms with Crippen molar-refractivity contribution in [3.05, 3.63) is 105 Å². The van der Waals surface area contributed by atoms with Crippen LogP contribution in [0.4, 0.5) is 42.1 Å². The predicted octanol–water partition coefficient (Wildman–Crippen LogP) is 6.21. The van der Waals surface area contributed by atoms with Crippen LogP contribution in [-0.2, 0) is 28.3 Å². The number of nitro benzene ring substituents is 1. The highest BCUT2D eigenvalue weighted by molar-refractivity contribution is 5.95. The fourth-order valence-corrected chi connectivity index (χ4v) is 3.46. The number of alkyl halides is 6. The summed E-state index contributed by atoms with van der Waals surface area (Å²) >= 11 is 0. The Kier molecular flexibility index (Phi) is 9.33. The molecule has 0 aliphatic carbocycles. The van der Waals surface area contributed by atoms with Gasteiger partial charge in [0.05, 0.1) is 34.6 Å². The quantitative estimate of drug-likeness (QED) is 0.109. The Hall–Kier alpha value is -4.93. The minimum absolute atomic E-state index is 0.00229. The van der Waals surface area contributed by atoms with Crippen molar-refractivity contribution in [3.8, 4) is 11.8 Å². The number of nitrogens with zero attached hydrogens (tertiary/aromatic N) is 2. The topological polar surface area (TPSA) is 89.8 Å². The summed E-state index contributed by atoms with van der Waals surface area (Å²) in [5.41, 5.74) is -4.10. The van der Waals surface area contributed by atoms with E-state index in [9.17, 15) is 50.4 Å². The van der Waals surface area contributed by atoms with E-state index in [2.05, 4.69) is 11.8 Å². The van der Waals surface area contributed by atoms with Crippen LogP contribution in [0.5, 0.6) is 0 Å². The minimum atomic E-state index is -5.19. The number of anilines is 1. The standard InChI is InChI=1S/C27H17F7N2O5/c28-20-7-11-21(12-8-20)35(13-1-2-14-41-25(38)17-4-9-22(10-5-17)36(39)40)24(37)15-18-3-6-19(26(29,30)31)16-23(18)27(32,33)34/h3-12,16H,13-15H2. The van der Waals surface area contributed by atoms with Crippen molar-refractivity contribution in [3.63, 3.8) is 0 Å². The van der Waals surface area contributed by atoms with Crippen molar-refractivity contribution in [1.82, 2.24) is 0 Å². The first-order chi connectivity index (χ1) is 19.2. The Morgan fingerprint density at radius 3 is 2.07 bits per heavy atom. The third kappa shape index (κ3) is 8.28. The fraction of sp³-hybridized carbons (Fsp3) is 0.185. The van der Waals surface area contributed by atoms with Crippen molar-refractivity contribution in [1.29, 1.82) is 0 Å². The highest BCUT2D eigenvalue weighted by atomic mass is 19.4. The maximum atomic E-state index is 13.5. The predicted molar refractivity (Wildman–Crippen MR) is 130 cm³/mol. The fourth-order valence-electron chi connectivity index (χ4n) is 3.46. The number of halogens is 7.